The summed E-state index contributed by atoms with van der Waals surface area (Å²) in [6, 6.07) is 0. The molecular formula is C11H21NO2S. The second-order valence-corrected chi connectivity index (χ2v) is 7.58. The van der Waals surface area contributed by atoms with Crippen molar-refractivity contribution in [3.63, 3.8) is 0 Å². The van der Waals surface area contributed by atoms with E-state index >= 15 is 0 Å². The number of sulfone groups is 1. The molecule has 2 fully saturated rings. The van der Waals surface area contributed by atoms with Crippen LogP contribution in [0.2, 0.25) is 0 Å². The van der Waals surface area contributed by atoms with Crippen molar-refractivity contribution in [2.75, 3.05) is 18.1 Å². The highest BCUT2D eigenvalue weighted by molar-refractivity contribution is 7.91. The Kier molecular flexibility index (Phi) is 3.08. The van der Waals surface area contributed by atoms with Crippen molar-refractivity contribution in [1.29, 1.82) is 0 Å². The van der Waals surface area contributed by atoms with Gasteiger partial charge in [0.2, 0.25) is 0 Å². The highest BCUT2D eigenvalue weighted by Gasteiger charge is 2.42. The van der Waals surface area contributed by atoms with E-state index in [4.69, 9.17) is 5.73 Å². The Morgan fingerprint density at radius 1 is 1.27 bits per heavy atom. The predicted molar refractivity (Wildman–Crippen MR) is 61.3 cm³/mol. The summed E-state index contributed by atoms with van der Waals surface area (Å²) in [6.45, 7) is 0.544. The first kappa shape index (κ1) is 11.4. The molecule has 1 saturated carbocycles. The Morgan fingerprint density at radius 3 is 2.40 bits per heavy atom. The van der Waals surface area contributed by atoms with Crippen molar-refractivity contribution < 1.29 is 8.42 Å². The SMILES string of the molecule is NCC1(CC2CCCC2)CCS(=O)(=O)C1. The van der Waals surface area contributed by atoms with Gasteiger partial charge in [-0.25, -0.2) is 8.42 Å². The van der Waals surface area contributed by atoms with Crippen molar-refractivity contribution in [1.82, 2.24) is 0 Å². The van der Waals surface area contributed by atoms with Crippen LogP contribution in [0.3, 0.4) is 0 Å². The average molecular weight is 231 g/mol. The van der Waals surface area contributed by atoms with Crippen LogP contribution in [0, 0.1) is 11.3 Å². The van der Waals surface area contributed by atoms with E-state index in [1.54, 1.807) is 0 Å². The zero-order valence-corrected chi connectivity index (χ0v) is 10.1. The van der Waals surface area contributed by atoms with Gasteiger partial charge in [-0.2, -0.15) is 0 Å². The van der Waals surface area contributed by atoms with Crippen LogP contribution in [0.1, 0.15) is 38.5 Å². The van der Waals surface area contributed by atoms with Crippen LogP contribution in [0.25, 0.3) is 0 Å². The molecule has 0 bridgehead atoms. The third-order valence-electron chi connectivity index (χ3n) is 4.10. The zero-order chi connectivity index (χ0) is 10.9. The third kappa shape index (κ3) is 2.53. The van der Waals surface area contributed by atoms with Crippen LogP contribution in [0.5, 0.6) is 0 Å². The van der Waals surface area contributed by atoms with Crippen LogP contribution in [0.15, 0.2) is 0 Å². The molecule has 0 aromatic heterocycles. The summed E-state index contributed by atoms with van der Waals surface area (Å²) in [4.78, 5) is 0. The first-order valence-electron chi connectivity index (χ1n) is 5.96. The van der Waals surface area contributed by atoms with Gasteiger partial charge in [0.1, 0.15) is 0 Å². The molecule has 2 aliphatic rings. The lowest BCUT2D eigenvalue weighted by molar-refractivity contribution is 0.257. The number of hydrogen-bond acceptors (Lipinski definition) is 3. The molecule has 1 aliphatic heterocycles. The van der Waals surface area contributed by atoms with Gasteiger partial charge < -0.3 is 5.73 Å². The lowest BCUT2D eigenvalue weighted by Gasteiger charge is -2.28. The highest BCUT2D eigenvalue weighted by Crippen LogP contribution is 2.41. The molecule has 4 heteroatoms. The van der Waals surface area contributed by atoms with E-state index < -0.39 is 9.84 Å². The van der Waals surface area contributed by atoms with E-state index in [-0.39, 0.29) is 5.41 Å². The molecule has 1 aliphatic carbocycles. The fourth-order valence-corrected chi connectivity index (χ4v) is 5.42. The number of nitrogens with two attached hydrogens (primary N) is 1. The van der Waals surface area contributed by atoms with Crippen molar-refractivity contribution in [3.8, 4) is 0 Å². The zero-order valence-electron chi connectivity index (χ0n) is 9.24. The molecule has 15 heavy (non-hydrogen) atoms. The van der Waals surface area contributed by atoms with Crippen molar-refractivity contribution >= 4 is 9.84 Å². The first-order chi connectivity index (χ1) is 7.05. The Bertz CT molecular complexity index is 319. The van der Waals surface area contributed by atoms with Gasteiger partial charge in [0.25, 0.3) is 0 Å². The third-order valence-corrected chi connectivity index (χ3v) is 5.98. The van der Waals surface area contributed by atoms with Gasteiger partial charge in [0, 0.05) is 0 Å². The van der Waals surface area contributed by atoms with Gasteiger partial charge in [0.15, 0.2) is 9.84 Å². The minimum atomic E-state index is -2.79. The molecule has 0 spiro atoms. The van der Waals surface area contributed by atoms with Crippen LogP contribution < -0.4 is 5.73 Å². The Morgan fingerprint density at radius 2 is 1.93 bits per heavy atom. The molecule has 2 rings (SSSR count). The summed E-state index contributed by atoms with van der Waals surface area (Å²) in [5, 5.41) is 0. The van der Waals surface area contributed by atoms with E-state index in [9.17, 15) is 8.42 Å². The minimum Gasteiger partial charge on any atom is -0.330 e. The van der Waals surface area contributed by atoms with E-state index in [0.29, 0.717) is 18.1 Å². The fraction of sp³-hybridized carbons (Fsp3) is 1.00. The van der Waals surface area contributed by atoms with Crippen molar-refractivity contribution in [2.24, 2.45) is 17.1 Å². The number of hydrogen-bond donors (Lipinski definition) is 1. The van der Waals surface area contributed by atoms with Crippen LogP contribution in [-0.2, 0) is 9.84 Å². The molecule has 0 aromatic carbocycles. The lowest BCUT2D eigenvalue weighted by atomic mass is 9.78. The maximum Gasteiger partial charge on any atom is 0.150 e. The molecule has 3 nitrogen and oxygen atoms in total. The lowest BCUT2D eigenvalue weighted by Crippen LogP contribution is -2.33. The van der Waals surface area contributed by atoms with E-state index in [1.165, 1.54) is 25.7 Å². The molecule has 1 heterocycles. The fourth-order valence-electron chi connectivity index (χ4n) is 3.22. The van der Waals surface area contributed by atoms with Crippen LogP contribution in [0.4, 0.5) is 0 Å². The van der Waals surface area contributed by atoms with Crippen molar-refractivity contribution in [3.05, 3.63) is 0 Å². The van der Waals surface area contributed by atoms with Gasteiger partial charge in [-0.15, -0.1) is 0 Å². The molecule has 1 unspecified atom stereocenters. The maximum atomic E-state index is 11.5. The van der Waals surface area contributed by atoms with Gasteiger partial charge in [-0.1, -0.05) is 25.7 Å². The van der Waals surface area contributed by atoms with E-state index in [2.05, 4.69) is 0 Å². The largest absolute Gasteiger partial charge is 0.330 e. The molecule has 0 radical (unpaired) electrons. The molecule has 2 N–H and O–H groups in total. The molecule has 1 saturated heterocycles. The summed E-state index contributed by atoms with van der Waals surface area (Å²) >= 11 is 0. The summed E-state index contributed by atoms with van der Waals surface area (Å²) in [5.74, 6) is 1.44. The quantitative estimate of drug-likeness (QED) is 0.797. The maximum absolute atomic E-state index is 11.5. The monoisotopic (exact) mass is 231 g/mol. The smallest absolute Gasteiger partial charge is 0.150 e. The van der Waals surface area contributed by atoms with E-state index in [1.807, 2.05) is 0 Å². The summed E-state index contributed by atoms with van der Waals surface area (Å²) < 4.78 is 23.0. The van der Waals surface area contributed by atoms with Crippen LogP contribution in [-0.4, -0.2) is 26.5 Å². The Hall–Kier alpha value is -0.0900. The second kappa shape index (κ2) is 4.06. The molecule has 0 aromatic rings. The Labute approximate surface area is 92.3 Å². The minimum absolute atomic E-state index is 0.0756. The van der Waals surface area contributed by atoms with Gasteiger partial charge in [-0.3, -0.25) is 0 Å². The standard InChI is InChI=1S/C11H21NO2S/c12-8-11(5-6-15(13,14)9-11)7-10-3-1-2-4-10/h10H,1-9,12H2. The average Bonchev–Trinajstić information content (AvgIpc) is 2.75. The first-order valence-corrected chi connectivity index (χ1v) is 7.78. The highest BCUT2D eigenvalue weighted by atomic mass is 32.2. The van der Waals surface area contributed by atoms with Gasteiger partial charge in [0.05, 0.1) is 11.5 Å². The molecule has 0 amide bonds. The summed E-state index contributed by atoms with van der Waals surface area (Å²) in [6.07, 6.45) is 7.03. The number of rotatable bonds is 3. The van der Waals surface area contributed by atoms with Crippen LogP contribution >= 0.6 is 0 Å². The Balaban J connectivity index is 2.03. The van der Waals surface area contributed by atoms with E-state index in [0.717, 1.165) is 18.8 Å². The predicted octanol–water partition coefficient (Wildman–Crippen LogP) is 1.33. The normalized spacial score (nSPS) is 36.1. The van der Waals surface area contributed by atoms with Crippen molar-refractivity contribution in [2.45, 2.75) is 38.5 Å². The topological polar surface area (TPSA) is 60.2 Å². The molecule has 1 atom stereocenters. The molecule has 88 valence electrons. The summed E-state index contributed by atoms with van der Waals surface area (Å²) in [7, 11) is -2.79. The van der Waals surface area contributed by atoms with Gasteiger partial charge >= 0.3 is 0 Å². The second-order valence-electron chi connectivity index (χ2n) is 5.40. The molecular weight excluding hydrogens is 210 g/mol. The van der Waals surface area contributed by atoms with Gasteiger partial charge in [-0.05, 0) is 30.7 Å². The summed E-state index contributed by atoms with van der Waals surface area (Å²) in [5.41, 5.74) is 5.73.